The van der Waals surface area contributed by atoms with Gasteiger partial charge in [-0.2, -0.15) is 0 Å². The van der Waals surface area contributed by atoms with Crippen LogP contribution in [0.15, 0.2) is 6.07 Å². The number of rotatable bonds is 3. The van der Waals surface area contributed by atoms with Gasteiger partial charge in [-0.3, -0.25) is 4.79 Å². The number of hydrogen-bond donors (Lipinski definition) is 2. The van der Waals surface area contributed by atoms with E-state index in [-0.39, 0.29) is 12.2 Å². The molecule has 0 saturated heterocycles. The summed E-state index contributed by atoms with van der Waals surface area (Å²) in [5, 5.41) is 18.7. The van der Waals surface area contributed by atoms with Crippen molar-refractivity contribution >= 4 is 5.97 Å². The lowest BCUT2D eigenvalue weighted by molar-refractivity contribution is -0.138. The van der Waals surface area contributed by atoms with E-state index in [9.17, 15) is 9.90 Å². The summed E-state index contributed by atoms with van der Waals surface area (Å²) < 4.78 is 0. The van der Waals surface area contributed by atoms with Crippen molar-refractivity contribution < 1.29 is 15.0 Å². The van der Waals surface area contributed by atoms with E-state index in [2.05, 4.69) is 0 Å². The second kappa shape index (κ2) is 4.40. The highest BCUT2D eigenvalue weighted by Gasteiger charge is 2.28. The summed E-state index contributed by atoms with van der Waals surface area (Å²) >= 11 is 0. The lowest BCUT2D eigenvalue weighted by Gasteiger charge is -2.28. The number of hydrogen-bond acceptors (Lipinski definition) is 2. The predicted molar refractivity (Wildman–Crippen MR) is 67.6 cm³/mol. The molecule has 3 nitrogen and oxygen atoms in total. The van der Waals surface area contributed by atoms with Gasteiger partial charge in [0.2, 0.25) is 0 Å². The van der Waals surface area contributed by atoms with Crippen LogP contribution in [-0.4, -0.2) is 16.2 Å². The highest BCUT2D eigenvalue weighted by Crippen LogP contribution is 2.36. The van der Waals surface area contributed by atoms with Crippen LogP contribution in [0, 0.1) is 20.8 Å². The molecule has 0 unspecified atom stereocenters. The van der Waals surface area contributed by atoms with Gasteiger partial charge < -0.3 is 10.2 Å². The van der Waals surface area contributed by atoms with E-state index in [1.54, 1.807) is 6.07 Å². The second-order valence-corrected chi connectivity index (χ2v) is 5.29. The largest absolute Gasteiger partial charge is 0.508 e. The number of benzene rings is 1. The molecule has 0 aliphatic rings. The standard InChI is InChI=1S/C14H20O3/c1-8-6-11(15)9(2)10(3)13(8)14(4,5)7-12(16)17/h6,15H,7H2,1-5H3,(H,16,17). The molecular formula is C14H20O3. The van der Waals surface area contributed by atoms with Gasteiger partial charge in [0.1, 0.15) is 5.75 Å². The van der Waals surface area contributed by atoms with Crippen molar-refractivity contribution in [1.82, 2.24) is 0 Å². The number of aliphatic carboxylic acids is 1. The van der Waals surface area contributed by atoms with Gasteiger partial charge in [0.15, 0.2) is 0 Å². The Hall–Kier alpha value is -1.51. The van der Waals surface area contributed by atoms with Crippen molar-refractivity contribution in [3.63, 3.8) is 0 Å². The lowest BCUT2D eigenvalue weighted by Crippen LogP contribution is -2.24. The molecule has 0 aliphatic carbocycles. The Balaban J connectivity index is 3.40. The van der Waals surface area contributed by atoms with Crippen LogP contribution in [0.3, 0.4) is 0 Å². The molecule has 0 spiro atoms. The van der Waals surface area contributed by atoms with Gasteiger partial charge in [-0.15, -0.1) is 0 Å². The zero-order chi connectivity index (χ0) is 13.4. The van der Waals surface area contributed by atoms with Gasteiger partial charge in [0, 0.05) is 5.41 Å². The number of phenolic OH excluding ortho intramolecular Hbond substituents is 1. The average molecular weight is 236 g/mol. The molecule has 0 atom stereocenters. The van der Waals surface area contributed by atoms with Crippen LogP contribution in [0.25, 0.3) is 0 Å². The third kappa shape index (κ3) is 2.60. The molecule has 0 bridgehead atoms. The smallest absolute Gasteiger partial charge is 0.304 e. The van der Waals surface area contributed by atoms with Crippen molar-refractivity contribution in [3.8, 4) is 5.75 Å². The number of carbonyl (C=O) groups is 1. The third-order valence-electron chi connectivity index (χ3n) is 3.34. The fourth-order valence-electron chi connectivity index (χ4n) is 2.57. The van der Waals surface area contributed by atoms with E-state index >= 15 is 0 Å². The van der Waals surface area contributed by atoms with Gasteiger partial charge in [0.25, 0.3) is 0 Å². The van der Waals surface area contributed by atoms with Crippen molar-refractivity contribution in [2.45, 2.75) is 46.5 Å². The van der Waals surface area contributed by atoms with Gasteiger partial charge >= 0.3 is 5.97 Å². The number of carboxylic acids is 1. The average Bonchev–Trinajstić information content (AvgIpc) is 2.11. The minimum absolute atomic E-state index is 0.0822. The predicted octanol–water partition coefficient (Wildman–Crippen LogP) is 3.07. The number of aromatic hydroxyl groups is 1. The first-order chi connectivity index (χ1) is 7.66. The zero-order valence-corrected chi connectivity index (χ0v) is 11.1. The molecule has 17 heavy (non-hydrogen) atoms. The van der Waals surface area contributed by atoms with Crippen LogP contribution in [0.1, 0.15) is 42.5 Å². The van der Waals surface area contributed by atoms with E-state index in [0.29, 0.717) is 0 Å². The van der Waals surface area contributed by atoms with E-state index in [1.165, 1.54) is 0 Å². The van der Waals surface area contributed by atoms with E-state index in [0.717, 1.165) is 22.3 Å². The molecule has 1 rings (SSSR count). The van der Waals surface area contributed by atoms with Crippen LogP contribution in [-0.2, 0) is 10.2 Å². The van der Waals surface area contributed by atoms with Crippen molar-refractivity contribution in [2.75, 3.05) is 0 Å². The number of aryl methyl sites for hydroxylation is 1. The molecule has 0 radical (unpaired) electrons. The van der Waals surface area contributed by atoms with Gasteiger partial charge in [-0.1, -0.05) is 13.8 Å². The Morgan fingerprint density at radius 3 is 2.24 bits per heavy atom. The topological polar surface area (TPSA) is 57.5 Å². The molecule has 0 amide bonds. The fraction of sp³-hybridized carbons (Fsp3) is 0.500. The quantitative estimate of drug-likeness (QED) is 0.848. The summed E-state index contributed by atoms with van der Waals surface area (Å²) in [6.45, 7) is 9.54. The van der Waals surface area contributed by atoms with Crippen LogP contribution in [0.2, 0.25) is 0 Å². The molecule has 0 heterocycles. The molecule has 1 aromatic rings. The van der Waals surface area contributed by atoms with Crippen LogP contribution >= 0.6 is 0 Å². The Morgan fingerprint density at radius 2 is 1.76 bits per heavy atom. The maximum absolute atomic E-state index is 10.9. The van der Waals surface area contributed by atoms with Gasteiger partial charge in [-0.05, 0) is 49.1 Å². The number of carboxylic acid groups (broad SMARTS) is 1. The second-order valence-electron chi connectivity index (χ2n) is 5.29. The Labute approximate surface area is 102 Å². The summed E-state index contributed by atoms with van der Waals surface area (Å²) in [5.74, 6) is -0.533. The monoisotopic (exact) mass is 236 g/mol. The minimum atomic E-state index is -0.806. The summed E-state index contributed by atoms with van der Waals surface area (Å²) in [6.07, 6.45) is 0.0822. The minimum Gasteiger partial charge on any atom is -0.508 e. The summed E-state index contributed by atoms with van der Waals surface area (Å²) in [6, 6.07) is 1.71. The molecule has 0 fully saturated rings. The van der Waals surface area contributed by atoms with Crippen molar-refractivity contribution in [3.05, 3.63) is 28.3 Å². The SMILES string of the molecule is Cc1cc(O)c(C)c(C)c1C(C)(C)CC(=O)O. The van der Waals surface area contributed by atoms with E-state index < -0.39 is 11.4 Å². The van der Waals surface area contributed by atoms with Gasteiger partial charge in [-0.25, -0.2) is 0 Å². The van der Waals surface area contributed by atoms with E-state index in [1.807, 2.05) is 34.6 Å². The molecule has 0 aromatic heterocycles. The van der Waals surface area contributed by atoms with Gasteiger partial charge in [0.05, 0.1) is 6.42 Å². The van der Waals surface area contributed by atoms with E-state index in [4.69, 9.17) is 5.11 Å². The van der Waals surface area contributed by atoms with Crippen LogP contribution < -0.4 is 0 Å². The summed E-state index contributed by atoms with van der Waals surface area (Å²) in [5.41, 5.74) is 3.34. The molecule has 1 aromatic carbocycles. The van der Waals surface area contributed by atoms with Crippen molar-refractivity contribution in [2.24, 2.45) is 0 Å². The zero-order valence-electron chi connectivity index (χ0n) is 11.1. The fourth-order valence-corrected chi connectivity index (χ4v) is 2.57. The molecule has 0 saturated carbocycles. The normalized spacial score (nSPS) is 11.6. The summed E-state index contributed by atoms with van der Waals surface area (Å²) in [7, 11) is 0. The first kappa shape index (κ1) is 13.6. The Morgan fingerprint density at radius 1 is 1.24 bits per heavy atom. The third-order valence-corrected chi connectivity index (χ3v) is 3.34. The lowest BCUT2D eigenvalue weighted by atomic mass is 9.76. The molecule has 94 valence electrons. The molecule has 0 aliphatic heterocycles. The first-order valence-electron chi connectivity index (χ1n) is 5.69. The first-order valence-corrected chi connectivity index (χ1v) is 5.69. The molecule has 3 heteroatoms. The maximum atomic E-state index is 10.9. The Kier molecular flexibility index (Phi) is 3.51. The Bertz CT molecular complexity index is 459. The van der Waals surface area contributed by atoms with Crippen LogP contribution in [0.4, 0.5) is 0 Å². The highest BCUT2D eigenvalue weighted by atomic mass is 16.4. The maximum Gasteiger partial charge on any atom is 0.304 e. The van der Waals surface area contributed by atoms with Crippen LogP contribution in [0.5, 0.6) is 5.75 Å². The molecule has 2 N–H and O–H groups in total. The number of phenols is 1. The van der Waals surface area contributed by atoms with Crippen molar-refractivity contribution in [1.29, 1.82) is 0 Å². The highest BCUT2D eigenvalue weighted by molar-refractivity contribution is 5.69. The summed E-state index contributed by atoms with van der Waals surface area (Å²) in [4.78, 5) is 10.9. The molecular weight excluding hydrogens is 216 g/mol.